The fourth-order valence-electron chi connectivity index (χ4n) is 2.89. The van der Waals surface area contributed by atoms with E-state index in [0.717, 1.165) is 32.1 Å². The van der Waals surface area contributed by atoms with Crippen LogP contribution in [0.15, 0.2) is 23.1 Å². The minimum Gasteiger partial charge on any atom is -0.352 e. The molecule has 0 atom stereocenters. The van der Waals surface area contributed by atoms with Crippen molar-refractivity contribution in [1.82, 2.24) is 9.62 Å². The number of carbonyl (C=O) groups is 1. The molecule has 1 fully saturated rings. The molecule has 7 heteroatoms. The molecule has 25 heavy (non-hydrogen) atoms. The first-order chi connectivity index (χ1) is 11.9. The molecule has 1 heterocycles. The summed E-state index contributed by atoms with van der Waals surface area (Å²) in [5, 5.41) is 3.07. The van der Waals surface area contributed by atoms with Crippen LogP contribution >= 0.6 is 11.6 Å². The number of hydrogen-bond acceptors (Lipinski definition) is 3. The van der Waals surface area contributed by atoms with Crippen LogP contribution in [-0.4, -0.2) is 38.3 Å². The normalized spacial score (nSPS) is 16.8. The maximum absolute atomic E-state index is 12.8. The van der Waals surface area contributed by atoms with Gasteiger partial charge in [0.15, 0.2) is 0 Å². The first-order valence-electron chi connectivity index (χ1n) is 8.94. The van der Waals surface area contributed by atoms with Crippen LogP contribution in [0.2, 0.25) is 5.02 Å². The summed E-state index contributed by atoms with van der Waals surface area (Å²) in [5.74, 6) is 0.214. The molecule has 1 amide bonds. The average Bonchev–Trinajstić information content (AvgIpc) is 2.59. The van der Waals surface area contributed by atoms with Gasteiger partial charge in [-0.2, -0.15) is 4.31 Å². The van der Waals surface area contributed by atoms with Crippen molar-refractivity contribution in [3.63, 3.8) is 0 Å². The Morgan fingerprint density at radius 3 is 2.60 bits per heavy atom. The molecule has 0 aliphatic carbocycles. The molecule has 0 spiro atoms. The van der Waals surface area contributed by atoms with E-state index in [0.29, 0.717) is 25.6 Å². The number of nitrogens with zero attached hydrogens (tertiary/aromatic N) is 1. The number of halogens is 1. The van der Waals surface area contributed by atoms with Crippen LogP contribution in [0.4, 0.5) is 0 Å². The Morgan fingerprint density at radius 1 is 1.28 bits per heavy atom. The minimum atomic E-state index is -3.59. The van der Waals surface area contributed by atoms with E-state index in [1.54, 1.807) is 0 Å². The van der Waals surface area contributed by atoms with Crippen LogP contribution in [0.1, 0.15) is 56.3 Å². The Bertz CT molecular complexity index is 698. The van der Waals surface area contributed by atoms with Crippen molar-refractivity contribution in [2.45, 2.75) is 50.8 Å². The van der Waals surface area contributed by atoms with E-state index in [4.69, 9.17) is 11.6 Å². The third-order valence-electron chi connectivity index (χ3n) is 4.63. The molecule has 1 aromatic carbocycles. The van der Waals surface area contributed by atoms with Gasteiger partial charge < -0.3 is 5.32 Å². The number of benzene rings is 1. The number of unbranched alkanes of at least 4 members (excludes halogenated alkanes) is 2. The van der Waals surface area contributed by atoms with Gasteiger partial charge in [-0.3, -0.25) is 4.79 Å². The topological polar surface area (TPSA) is 66.5 Å². The number of hydrogen-bond donors (Lipinski definition) is 1. The van der Waals surface area contributed by atoms with Crippen LogP contribution in [0.5, 0.6) is 0 Å². The molecule has 1 saturated heterocycles. The first kappa shape index (κ1) is 20.2. The zero-order valence-electron chi connectivity index (χ0n) is 14.9. The third kappa shape index (κ3) is 5.19. The number of amides is 1. The lowest BCUT2D eigenvalue weighted by Gasteiger charge is -2.29. The lowest BCUT2D eigenvalue weighted by Crippen LogP contribution is -2.38. The quantitative estimate of drug-likeness (QED) is 0.727. The predicted octanol–water partition coefficient (Wildman–Crippen LogP) is 3.68. The highest BCUT2D eigenvalue weighted by Gasteiger charge is 2.29. The van der Waals surface area contributed by atoms with E-state index in [9.17, 15) is 13.2 Å². The van der Waals surface area contributed by atoms with Crippen LogP contribution < -0.4 is 5.32 Å². The highest BCUT2D eigenvalue weighted by atomic mass is 35.5. The standard InChI is InChI=1S/C18H27ClN2O3S/c1-3-4-5-10-20-18(22)16-13-15(6-7-17(16)19)25(23,24)21-11-8-14(2)9-12-21/h6-7,13-14H,3-5,8-12H2,1-2H3,(H,20,22). The maximum atomic E-state index is 12.8. The molecule has 0 unspecified atom stereocenters. The first-order valence-corrected chi connectivity index (χ1v) is 10.8. The van der Waals surface area contributed by atoms with E-state index >= 15 is 0 Å². The highest BCUT2D eigenvalue weighted by Crippen LogP contribution is 2.26. The van der Waals surface area contributed by atoms with Crippen LogP contribution in [0, 0.1) is 5.92 Å². The fraction of sp³-hybridized carbons (Fsp3) is 0.611. The number of carbonyl (C=O) groups excluding carboxylic acids is 1. The second-order valence-corrected chi connectivity index (χ2v) is 9.04. The van der Waals surface area contributed by atoms with Gasteiger partial charge in [-0.15, -0.1) is 0 Å². The SMILES string of the molecule is CCCCCNC(=O)c1cc(S(=O)(=O)N2CCC(C)CC2)ccc1Cl. The molecule has 1 aliphatic heterocycles. The summed E-state index contributed by atoms with van der Waals surface area (Å²) >= 11 is 6.12. The largest absolute Gasteiger partial charge is 0.352 e. The van der Waals surface area contributed by atoms with E-state index < -0.39 is 10.0 Å². The van der Waals surface area contributed by atoms with Crippen molar-refractivity contribution < 1.29 is 13.2 Å². The number of rotatable bonds is 7. The minimum absolute atomic E-state index is 0.130. The maximum Gasteiger partial charge on any atom is 0.252 e. The molecule has 1 aliphatic rings. The lowest BCUT2D eigenvalue weighted by atomic mass is 10.0. The second kappa shape index (κ2) is 9.01. The zero-order valence-corrected chi connectivity index (χ0v) is 16.5. The monoisotopic (exact) mass is 386 g/mol. The van der Waals surface area contributed by atoms with Crippen molar-refractivity contribution in [3.8, 4) is 0 Å². The van der Waals surface area contributed by atoms with E-state index in [1.807, 2.05) is 0 Å². The Hall–Kier alpha value is -1.11. The van der Waals surface area contributed by atoms with Gasteiger partial charge in [-0.1, -0.05) is 38.3 Å². The molecule has 1 N–H and O–H groups in total. The number of sulfonamides is 1. The van der Waals surface area contributed by atoms with Crippen LogP contribution in [0.3, 0.4) is 0 Å². The molecule has 1 aromatic rings. The van der Waals surface area contributed by atoms with Crippen molar-refractivity contribution in [3.05, 3.63) is 28.8 Å². The van der Waals surface area contributed by atoms with Gasteiger partial charge in [0.25, 0.3) is 5.91 Å². The Morgan fingerprint density at radius 2 is 1.96 bits per heavy atom. The molecule has 0 saturated carbocycles. The predicted molar refractivity (Wildman–Crippen MR) is 100 cm³/mol. The van der Waals surface area contributed by atoms with Crippen LogP contribution in [-0.2, 0) is 10.0 Å². The van der Waals surface area contributed by atoms with Gasteiger partial charge >= 0.3 is 0 Å². The van der Waals surface area contributed by atoms with Crippen molar-refractivity contribution in [1.29, 1.82) is 0 Å². The molecular weight excluding hydrogens is 360 g/mol. The zero-order chi connectivity index (χ0) is 18.4. The summed E-state index contributed by atoms with van der Waals surface area (Å²) in [6.45, 7) is 5.82. The van der Waals surface area contributed by atoms with Gasteiger partial charge in [0.1, 0.15) is 0 Å². The molecule has 0 radical (unpaired) electrons. The fourth-order valence-corrected chi connectivity index (χ4v) is 4.59. The van der Waals surface area contributed by atoms with Crippen molar-refractivity contribution >= 4 is 27.5 Å². The Balaban J connectivity index is 2.15. The average molecular weight is 387 g/mol. The summed E-state index contributed by atoms with van der Waals surface area (Å²) < 4.78 is 27.2. The molecule has 140 valence electrons. The van der Waals surface area contributed by atoms with Gasteiger partial charge in [0.2, 0.25) is 10.0 Å². The summed E-state index contributed by atoms with van der Waals surface area (Å²) in [6, 6.07) is 4.36. The number of piperidine rings is 1. The molecule has 0 bridgehead atoms. The van der Waals surface area contributed by atoms with Gasteiger partial charge in [-0.05, 0) is 43.4 Å². The lowest BCUT2D eigenvalue weighted by molar-refractivity contribution is 0.0953. The van der Waals surface area contributed by atoms with Gasteiger partial charge in [0.05, 0.1) is 15.5 Å². The van der Waals surface area contributed by atoms with Crippen molar-refractivity contribution in [2.24, 2.45) is 5.92 Å². The van der Waals surface area contributed by atoms with Gasteiger partial charge in [-0.25, -0.2) is 8.42 Å². The van der Waals surface area contributed by atoms with E-state index in [2.05, 4.69) is 19.2 Å². The third-order valence-corrected chi connectivity index (χ3v) is 6.85. The molecule has 5 nitrogen and oxygen atoms in total. The summed E-state index contributed by atoms with van der Waals surface area (Å²) in [7, 11) is -3.59. The molecular formula is C18H27ClN2O3S. The Kier molecular flexibility index (Phi) is 7.28. The number of nitrogens with one attached hydrogen (secondary N) is 1. The van der Waals surface area contributed by atoms with Crippen molar-refractivity contribution in [2.75, 3.05) is 19.6 Å². The van der Waals surface area contributed by atoms with Gasteiger partial charge in [0, 0.05) is 19.6 Å². The summed E-state index contributed by atoms with van der Waals surface area (Å²) in [6.07, 6.45) is 4.72. The molecule has 0 aromatic heterocycles. The Labute approximate surface area is 155 Å². The molecule has 2 rings (SSSR count). The summed E-state index contributed by atoms with van der Waals surface area (Å²) in [4.78, 5) is 12.5. The van der Waals surface area contributed by atoms with Crippen LogP contribution in [0.25, 0.3) is 0 Å². The second-order valence-electron chi connectivity index (χ2n) is 6.69. The summed E-state index contributed by atoms with van der Waals surface area (Å²) in [5.41, 5.74) is 0.213. The van der Waals surface area contributed by atoms with E-state index in [1.165, 1.54) is 22.5 Å². The van der Waals surface area contributed by atoms with E-state index in [-0.39, 0.29) is 21.4 Å². The smallest absolute Gasteiger partial charge is 0.252 e. The highest BCUT2D eigenvalue weighted by molar-refractivity contribution is 7.89.